The molecule has 82 valence electrons. The highest BCUT2D eigenvalue weighted by molar-refractivity contribution is 4.91. The van der Waals surface area contributed by atoms with E-state index in [4.69, 9.17) is 0 Å². The molecule has 1 saturated heterocycles. The molecule has 1 heterocycles. The average molecular weight is 196 g/mol. The minimum atomic E-state index is 0.386. The van der Waals surface area contributed by atoms with Crippen molar-refractivity contribution in [1.82, 2.24) is 10.6 Å². The van der Waals surface area contributed by atoms with Gasteiger partial charge in [0.1, 0.15) is 0 Å². The Bertz CT molecular complexity index is 167. The molecule has 0 bridgehead atoms. The molecule has 2 aliphatic rings. The average Bonchev–Trinajstić information content (AvgIpc) is 2.65. The lowest BCUT2D eigenvalue weighted by molar-refractivity contribution is 0.315. The van der Waals surface area contributed by atoms with E-state index in [2.05, 4.69) is 17.6 Å². The molecule has 0 aromatic carbocycles. The Morgan fingerprint density at radius 2 is 2.00 bits per heavy atom. The molecule has 1 aliphatic heterocycles. The van der Waals surface area contributed by atoms with Gasteiger partial charge in [0.05, 0.1) is 0 Å². The van der Waals surface area contributed by atoms with Crippen molar-refractivity contribution in [3.63, 3.8) is 0 Å². The molecule has 1 saturated carbocycles. The van der Waals surface area contributed by atoms with Crippen LogP contribution in [0.2, 0.25) is 0 Å². The first-order chi connectivity index (χ1) is 6.79. The van der Waals surface area contributed by atoms with Gasteiger partial charge < -0.3 is 10.6 Å². The zero-order chi connectivity index (χ0) is 9.86. The lowest BCUT2D eigenvalue weighted by Gasteiger charge is -2.30. The van der Waals surface area contributed by atoms with Gasteiger partial charge in [0.2, 0.25) is 0 Å². The van der Waals surface area contributed by atoms with Crippen LogP contribution in [0.15, 0.2) is 0 Å². The molecule has 1 aliphatic carbocycles. The molecule has 2 nitrogen and oxygen atoms in total. The van der Waals surface area contributed by atoms with Crippen molar-refractivity contribution in [2.75, 3.05) is 13.1 Å². The molecule has 2 heteroatoms. The molecular weight excluding hydrogens is 172 g/mol. The second-order valence-corrected chi connectivity index (χ2v) is 5.31. The fourth-order valence-electron chi connectivity index (χ4n) is 2.78. The van der Waals surface area contributed by atoms with Crippen molar-refractivity contribution < 1.29 is 0 Å². The lowest BCUT2D eigenvalue weighted by atomic mass is 9.94. The summed E-state index contributed by atoms with van der Waals surface area (Å²) in [5, 5.41) is 7.35. The van der Waals surface area contributed by atoms with Crippen molar-refractivity contribution in [1.29, 1.82) is 0 Å². The van der Waals surface area contributed by atoms with Crippen molar-refractivity contribution in [2.24, 2.45) is 0 Å². The summed E-state index contributed by atoms with van der Waals surface area (Å²) in [4.78, 5) is 0. The van der Waals surface area contributed by atoms with Crippen LogP contribution < -0.4 is 10.6 Å². The Balaban J connectivity index is 1.70. The molecule has 2 N–H and O–H groups in total. The predicted octanol–water partition coefficient (Wildman–Crippen LogP) is 2.05. The third kappa shape index (κ3) is 2.71. The number of rotatable bonds is 3. The van der Waals surface area contributed by atoms with Gasteiger partial charge in [-0.05, 0) is 39.2 Å². The zero-order valence-corrected chi connectivity index (χ0v) is 9.44. The van der Waals surface area contributed by atoms with E-state index < -0.39 is 0 Å². The predicted molar refractivity (Wildman–Crippen MR) is 60.5 cm³/mol. The van der Waals surface area contributed by atoms with Crippen molar-refractivity contribution in [3.8, 4) is 0 Å². The first-order valence-electron chi connectivity index (χ1n) is 6.27. The van der Waals surface area contributed by atoms with E-state index in [1.165, 1.54) is 51.5 Å². The normalized spacial score (nSPS) is 34.9. The van der Waals surface area contributed by atoms with Crippen LogP contribution in [-0.2, 0) is 0 Å². The highest BCUT2D eigenvalue weighted by Gasteiger charge is 2.28. The van der Waals surface area contributed by atoms with E-state index in [-0.39, 0.29) is 0 Å². The highest BCUT2D eigenvalue weighted by Crippen LogP contribution is 2.20. The number of hydrogen-bond donors (Lipinski definition) is 2. The molecule has 0 amide bonds. The van der Waals surface area contributed by atoms with Crippen LogP contribution >= 0.6 is 0 Å². The van der Waals surface area contributed by atoms with Crippen LogP contribution in [0, 0.1) is 0 Å². The summed E-state index contributed by atoms with van der Waals surface area (Å²) in [6.45, 7) is 4.73. The smallest absolute Gasteiger partial charge is 0.0278 e. The molecule has 1 unspecified atom stereocenters. The van der Waals surface area contributed by atoms with E-state index in [1.54, 1.807) is 0 Å². The van der Waals surface area contributed by atoms with Gasteiger partial charge in [-0.25, -0.2) is 0 Å². The van der Waals surface area contributed by atoms with E-state index in [1.807, 2.05) is 0 Å². The maximum atomic E-state index is 3.74. The van der Waals surface area contributed by atoms with Crippen LogP contribution in [0.3, 0.4) is 0 Å². The second-order valence-electron chi connectivity index (χ2n) is 5.31. The van der Waals surface area contributed by atoms with Crippen LogP contribution in [0.5, 0.6) is 0 Å². The van der Waals surface area contributed by atoms with Crippen molar-refractivity contribution in [2.45, 2.75) is 63.5 Å². The third-order valence-corrected chi connectivity index (χ3v) is 3.84. The Morgan fingerprint density at radius 1 is 1.21 bits per heavy atom. The molecule has 2 fully saturated rings. The van der Waals surface area contributed by atoms with E-state index in [0.29, 0.717) is 5.54 Å². The molecule has 0 radical (unpaired) electrons. The minimum absolute atomic E-state index is 0.386. The summed E-state index contributed by atoms with van der Waals surface area (Å²) < 4.78 is 0. The zero-order valence-electron chi connectivity index (χ0n) is 9.44. The first-order valence-corrected chi connectivity index (χ1v) is 6.27. The Labute approximate surface area is 87.8 Å². The van der Waals surface area contributed by atoms with Gasteiger partial charge >= 0.3 is 0 Å². The maximum absolute atomic E-state index is 3.74. The standard InChI is InChI=1S/C12H24N2/c1-12(8-5-9-14-12)10-13-11-6-3-2-4-7-11/h11,13-14H,2-10H2,1H3. The second kappa shape index (κ2) is 4.63. The van der Waals surface area contributed by atoms with Crippen molar-refractivity contribution >= 4 is 0 Å². The molecule has 14 heavy (non-hydrogen) atoms. The summed E-state index contributed by atoms with van der Waals surface area (Å²) in [5.74, 6) is 0. The van der Waals surface area contributed by atoms with Gasteiger partial charge in [0.25, 0.3) is 0 Å². The summed E-state index contributed by atoms with van der Waals surface area (Å²) in [5.41, 5.74) is 0.386. The van der Waals surface area contributed by atoms with Crippen molar-refractivity contribution in [3.05, 3.63) is 0 Å². The Hall–Kier alpha value is -0.0800. The summed E-state index contributed by atoms with van der Waals surface area (Å²) in [6.07, 6.45) is 9.80. The molecule has 0 aromatic rings. The lowest BCUT2D eigenvalue weighted by Crippen LogP contribution is -2.48. The quantitative estimate of drug-likeness (QED) is 0.722. The maximum Gasteiger partial charge on any atom is 0.0278 e. The third-order valence-electron chi connectivity index (χ3n) is 3.84. The summed E-state index contributed by atoms with van der Waals surface area (Å²) >= 11 is 0. The van der Waals surface area contributed by atoms with Gasteiger partial charge in [-0.1, -0.05) is 19.3 Å². The summed E-state index contributed by atoms with van der Waals surface area (Å²) in [6, 6.07) is 0.808. The van der Waals surface area contributed by atoms with Gasteiger partial charge in [-0.2, -0.15) is 0 Å². The van der Waals surface area contributed by atoms with Crippen LogP contribution in [0.4, 0.5) is 0 Å². The number of nitrogens with one attached hydrogen (secondary N) is 2. The molecule has 1 atom stereocenters. The SMILES string of the molecule is CC1(CNC2CCCCC2)CCCN1. The fourth-order valence-corrected chi connectivity index (χ4v) is 2.78. The van der Waals surface area contributed by atoms with Crippen LogP contribution in [0.1, 0.15) is 51.9 Å². The van der Waals surface area contributed by atoms with Gasteiger partial charge in [0, 0.05) is 18.1 Å². The largest absolute Gasteiger partial charge is 0.312 e. The Morgan fingerprint density at radius 3 is 2.64 bits per heavy atom. The van der Waals surface area contributed by atoms with Crippen LogP contribution in [0.25, 0.3) is 0 Å². The van der Waals surface area contributed by atoms with Gasteiger partial charge in [-0.3, -0.25) is 0 Å². The molecular formula is C12H24N2. The number of hydrogen-bond acceptors (Lipinski definition) is 2. The van der Waals surface area contributed by atoms with E-state index in [0.717, 1.165) is 12.6 Å². The summed E-state index contributed by atoms with van der Waals surface area (Å²) in [7, 11) is 0. The highest BCUT2D eigenvalue weighted by atomic mass is 15.1. The van der Waals surface area contributed by atoms with E-state index >= 15 is 0 Å². The molecule has 2 rings (SSSR count). The van der Waals surface area contributed by atoms with Gasteiger partial charge in [-0.15, -0.1) is 0 Å². The first kappa shape index (κ1) is 10.4. The topological polar surface area (TPSA) is 24.1 Å². The van der Waals surface area contributed by atoms with Gasteiger partial charge in [0.15, 0.2) is 0 Å². The molecule has 0 aromatic heterocycles. The fraction of sp³-hybridized carbons (Fsp3) is 1.00. The molecule has 0 spiro atoms. The van der Waals surface area contributed by atoms with Crippen LogP contribution in [-0.4, -0.2) is 24.7 Å². The van der Waals surface area contributed by atoms with E-state index in [9.17, 15) is 0 Å². The Kier molecular flexibility index (Phi) is 3.45. The minimum Gasteiger partial charge on any atom is -0.312 e. The monoisotopic (exact) mass is 196 g/mol.